The molecule has 2 atom stereocenters. The predicted octanol–water partition coefficient (Wildman–Crippen LogP) is 3.79. The van der Waals surface area contributed by atoms with E-state index in [0.29, 0.717) is 23.7 Å². The van der Waals surface area contributed by atoms with E-state index in [1.165, 1.54) is 12.5 Å². The number of halogens is 1. The topological polar surface area (TPSA) is 49.2 Å². The first-order valence-electron chi connectivity index (χ1n) is 10.00. The van der Waals surface area contributed by atoms with Crippen molar-refractivity contribution in [2.24, 2.45) is 5.92 Å². The van der Waals surface area contributed by atoms with Gasteiger partial charge in [0, 0.05) is 19.6 Å². The third-order valence-electron chi connectivity index (χ3n) is 5.35. The van der Waals surface area contributed by atoms with Gasteiger partial charge < -0.3 is 9.47 Å². The van der Waals surface area contributed by atoms with Crippen LogP contribution in [0.1, 0.15) is 60.6 Å². The number of aromatic nitrogens is 3. The van der Waals surface area contributed by atoms with Crippen LogP contribution in [0.4, 0.5) is 4.39 Å². The molecule has 4 rings (SSSR count). The zero-order valence-corrected chi connectivity index (χ0v) is 16.4. The highest BCUT2D eigenvalue weighted by atomic mass is 19.1. The summed E-state index contributed by atoms with van der Waals surface area (Å²) in [5, 5.41) is 8.56. The Labute approximate surface area is 165 Å². The Bertz CT molecular complexity index is 889. The van der Waals surface area contributed by atoms with Gasteiger partial charge in [-0.05, 0) is 62.3 Å². The number of benzene rings is 1. The van der Waals surface area contributed by atoms with Gasteiger partial charge in [0.1, 0.15) is 17.6 Å². The van der Waals surface area contributed by atoms with Gasteiger partial charge in [0.15, 0.2) is 0 Å². The van der Waals surface area contributed by atoms with Crippen LogP contribution in [0.15, 0.2) is 18.3 Å². The summed E-state index contributed by atoms with van der Waals surface area (Å²) in [6.07, 6.45) is 7.24. The summed E-state index contributed by atoms with van der Waals surface area (Å²) in [6.45, 7) is 3.37. The number of hydrogen-bond donors (Lipinski definition) is 0. The average Bonchev–Trinajstić information content (AvgIpc) is 3.42. The van der Waals surface area contributed by atoms with Crippen LogP contribution < -0.4 is 0 Å². The molecule has 0 spiro atoms. The zero-order valence-electron chi connectivity index (χ0n) is 16.4. The number of rotatable bonds is 5. The van der Waals surface area contributed by atoms with Crippen LogP contribution in [-0.4, -0.2) is 34.8 Å². The Morgan fingerprint density at radius 3 is 2.89 bits per heavy atom. The summed E-state index contributed by atoms with van der Waals surface area (Å²) >= 11 is 0. The van der Waals surface area contributed by atoms with Crippen molar-refractivity contribution in [3.63, 3.8) is 0 Å². The lowest BCUT2D eigenvalue weighted by atomic mass is 9.98. The van der Waals surface area contributed by atoms with E-state index in [-0.39, 0.29) is 11.9 Å². The lowest BCUT2D eigenvalue weighted by Crippen LogP contribution is -2.24. The smallest absolute Gasteiger partial charge is 0.139 e. The van der Waals surface area contributed by atoms with Crippen molar-refractivity contribution in [1.82, 2.24) is 15.0 Å². The molecule has 1 aromatic carbocycles. The zero-order chi connectivity index (χ0) is 19.5. The maximum absolute atomic E-state index is 14.3. The van der Waals surface area contributed by atoms with Gasteiger partial charge in [-0.1, -0.05) is 17.1 Å². The average molecular weight is 383 g/mol. The standard InChI is InChI=1S/C22H26FN3O2/c1-15-11-20(23)17(9-8-16-6-7-16)12-19(15)22(27-2)21-14-26(25-24-21)13-18-5-3-4-10-28-18/h11-12,14,16,18,22H,3-7,10,13H2,1-2H3. The molecule has 1 aromatic heterocycles. The van der Waals surface area contributed by atoms with Gasteiger partial charge in [-0.25, -0.2) is 9.07 Å². The van der Waals surface area contributed by atoms with Crippen molar-refractivity contribution >= 4 is 0 Å². The van der Waals surface area contributed by atoms with Crippen molar-refractivity contribution in [2.45, 2.75) is 57.8 Å². The van der Waals surface area contributed by atoms with E-state index < -0.39 is 6.10 Å². The second kappa shape index (κ2) is 8.42. The number of methoxy groups -OCH3 is 1. The lowest BCUT2D eigenvalue weighted by molar-refractivity contribution is 0.00368. The van der Waals surface area contributed by atoms with Crippen molar-refractivity contribution in [3.8, 4) is 11.8 Å². The molecule has 2 aromatic rings. The molecule has 148 valence electrons. The molecule has 2 unspecified atom stereocenters. The van der Waals surface area contributed by atoms with Crippen LogP contribution in [0, 0.1) is 30.5 Å². The number of nitrogens with zero attached hydrogens (tertiary/aromatic N) is 3. The third-order valence-corrected chi connectivity index (χ3v) is 5.35. The van der Waals surface area contributed by atoms with E-state index in [9.17, 15) is 4.39 Å². The van der Waals surface area contributed by atoms with Gasteiger partial charge in [0.25, 0.3) is 0 Å². The minimum atomic E-state index is -0.414. The molecule has 1 aliphatic heterocycles. The molecule has 5 nitrogen and oxygen atoms in total. The fraction of sp³-hybridized carbons (Fsp3) is 0.545. The quantitative estimate of drug-likeness (QED) is 0.737. The molecule has 1 saturated carbocycles. The molecule has 0 bridgehead atoms. The summed E-state index contributed by atoms with van der Waals surface area (Å²) in [7, 11) is 1.63. The third kappa shape index (κ3) is 4.43. The first-order valence-corrected chi connectivity index (χ1v) is 10.00. The maximum Gasteiger partial charge on any atom is 0.139 e. The van der Waals surface area contributed by atoms with Gasteiger partial charge >= 0.3 is 0 Å². The Morgan fingerprint density at radius 2 is 2.18 bits per heavy atom. The van der Waals surface area contributed by atoms with Crippen molar-refractivity contribution < 1.29 is 13.9 Å². The second-order valence-corrected chi connectivity index (χ2v) is 7.70. The molecule has 1 saturated heterocycles. The summed E-state index contributed by atoms with van der Waals surface area (Å²) in [6, 6.07) is 3.32. The molecule has 0 N–H and O–H groups in total. The molecule has 0 radical (unpaired) electrons. The Morgan fingerprint density at radius 1 is 1.32 bits per heavy atom. The van der Waals surface area contributed by atoms with Gasteiger partial charge in [0.05, 0.1) is 24.4 Å². The molecule has 2 aliphatic rings. The monoisotopic (exact) mass is 383 g/mol. The van der Waals surface area contributed by atoms with Gasteiger partial charge in [-0.15, -0.1) is 5.10 Å². The highest BCUT2D eigenvalue weighted by Crippen LogP contribution is 2.30. The molecule has 2 heterocycles. The van der Waals surface area contributed by atoms with Crippen molar-refractivity contribution in [1.29, 1.82) is 0 Å². The van der Waals surface area contributed by atoms with E-state index in [4.69, 9.17) is 9.47 Å². The summed E-state index contributed by atoms with van der Waals surface area (Å²) in [5.41, 5.74) is 2.79. The summed E-state index contributed by atoms with van der Waals surface area (Å²) < 4.78 is 27.7. The fourth-order valence-corrected chi connectivity index (χ4v) is 3.57. The van der Waals surface area contributed by atoms with Crippen LogP contribution in [0.25, 0.3) is 0 Å². The fourth-order valence-electron chi connectivity index (χ4n) is 3.57. The maximum atomic E-state index is 14.3. The van der Waals surface area contributed by atoms with Crippen LogP contribution >= 0.6 is 0 Å². The molecule has 1 aliphatic carbocycles. The van der Waals surface area contributed by atoms with Gasteiger partial charge in [-0.3, -0.25) is 0 Å². The van der Waals surface area contributed by atoms with E-state index in [2.05, 4.69) is 22.2 Å². The Balaban J connectivity index is 1.56. The van der Waals surface area contributed by atoms with E-state index >= 15 is 0 Å². The molecular weight excluding hydrogens is 357 g/mol. The largest absolute Gasteiger partial charge is 0.376 e. The summed E-state index contributed by atoms with van der Waals surface area (Å²) in [4.78, 5) is 0. The predicted molar refractivity (Wildman–Crippen MR) is 103 cm³/mol. The van der Waals surface area contributed by atoms with Gasteiger partial charge in [0.2, 0.25) is 0 Å². The van der Waals surface area contributed by atoms with Gasteiger partial charge in [-0.2, -0.15) is 0 Å². The molecule has 2 fully saturated rings. The number of ether oxygens (including phenoxy) is 2. The molecular formula is C22H26FN3O2. The second-order valence-electron chi connectivity index (χ2n) is 7.70. The normalized spacial score (nSPS) is 20.5. The van der Waals surface area contributed by atoms with Crippen molar-refractivity contribution in [2.75, 3.05) is 13.7 Å². The SMILES string of the molecule is COC(c1cn(CC2CCCCO2)nn1)c1cc(C#CC2CC2)c(F)cc1C. The van der Waals surface area contributed by atoms with Crippen LogP contribution in [0.5, 0.6) is 0 Å². The first kappa shape index (κ1) is 19.1. The molecule has 28 heavy (non-hydrogen) atoms. The van der Waals surface area contributed by atoms with Crippen LogP contribution in [0.2, 0.25) is 0 Å². The highest BCUT2D eigenvalue weighted by Gasteiger charge is 2.23. The summed E-state index contributed by atoms with van der Waals surface area (Å²) in [5.74, 6) is 6.26. The minimum absolute atomic E-state index is 0.182. The van der Waals surface area contributed by atoms with E-state index in [1.54, 1.807) is 13.2 Å². The number of aryl methyl sites for hydroxylation is 1. The Hall–Kier alpha value is -2.23. The molecule has 6 heteroatoms. The number of hydrogen-bond acceptors (Lipinski definition) is 4. The van der Waals surface area contributed by atoms with E-state index in [0.717, 1.165) is 43.4 Å². The minimum Gasteiger partial charge on any atom is -0.376 e. The Kier molecular flexibility index (Phi) is 5.74. The van der Waals surface area contributed by atoms with Crippen LogP contribution in [0.3, 0.4) is 0 Å². The van der Waals surface area contributed by atoms with Crippen molar-refractivity contribution in [3.05, 3.63) is 46.5 Å². The first-order chi connectivity index (χ1) is 13.6. The molecule has 0 amide bonds. The lowest BCUT2D eigenvalue weighted by Gasteiger charge is -2.22. The van der Waals surface area contributed by atoms with E-state index in [1.807, 2.05) is 17.8 Å². The highest BCUT2D eigenvalue weighted by molar-refractivity contribution is 5.44. The van der Waals surface area contributed by atoms with Crippen LogP contribution in [-0.2, 0) is 16.0 Å².